The molecule has 180 valence electrons. The molecule has 0 aliphatic carbocycles. The first-order valence-electron chi connectivity index (χ1n) is 11.2. The summed E-state index contributed by atoms with van der Waals surface area (Å²) in [6, 6.07) is 15.0. The summed E-state index contributed by atoms with van der Waals surface area (Å²) in [6.07, 6.45) is 2.94. The van der Waals surface area contributed by atoms with Gasteiger partial charge in [-0.15, -0.1) is 10.2 Å². The van der Waals surface area contributed by atoms with Crippen molar-refractivity contribution in [2.24, 2.45) is 0 Å². The van der Waals surface area contributed by atoms with E-state index in [2.05, 4.69) is 20.3 Å². The van der Waals surface area contributed by atoms with Gasteiger partial charge in [0.2, 0.25) is 15.8 Å². The van der Waals surface area contributed by atoms with Crippen molar-refractivity contribution in [1.82, 2.24) is 29.4 Å². The molecular formula is C22H27N7O4S. The Kier molecular flexibility index (Phi) is 7.60. The van der Waals surface area contributed by atoms with Gasteiger partial charge in [0.15, 0.2) is 0 Å². The number of nitrogens with zero attached hydrogens (tertiary/aromatic N) is 7. The molecule has 0 amide bonds. The third kappa shape index (κ3) is 5.82. The lowest BCUT2D eigenvalue weighted by atomic mass is 10.2. The summed E-state index contributed by atoms with van der Waals surface area (Å²) >= 11 is 0. The number of rotatable bonds is 10. The van der Waals surface area contributed by atoms with E-state index >= 15 is 0 Å². The molecule has 0 N–H and O–H groups in total. The van der Waals surface area contributed by atoms with E-state index in [1.165, 1.54) is 22.5 Å². The van der Waals surface area contributed by atoms with Gasteiger partial charge in [-0.2, -0.15) is 9.10 Å². The highest BCUT2D eigenvalue weighted by Gasteiger charge is 2.29. The number of hydrogen-bond donors (Lipinski definition) is 0. The second kappa shape index (κ2) is 10.8. The summed E-state index contributed by atoms with van der Waals surface area (Å²) in [5.41, 5.74) is 0.720. The minimum absolute atomic E-state index is 0.0349. The molecule has 0 unspecified atom stereocenters. The number of aryl methyl sites for hydroxylation is 1. The van der Waals surface area contributed by atoms with Crippen LogP contribution in [0, 0.1) is 10.1 Å². The highest BCUT2D eigenvalue weighted by Crippen LogP contribution is 2.22. The van der Waals surface area contributed by atoms with Crippen molar-refractivity contribution in [3.63, 3.8) is 0 Å². The number of hydrogen-bond acceptors (Lipinski definition) is 8. The van der Waals surface area contributed by atoms with Crippen molar-refractivity contribution in [1.29, 1.82) is 0 Å². The molecule has 0 spiro atoms. The Balaban J connectivity index is 1.18. The largest absolute Gasteiger partial charge is 0.301 e. The van der Waals surface area contributed by atoms with Crippen molar-refractivity contribution in [2.45, 2.75) is 30.7 Å². The predicted molar refractivity (Wildman–Crippen MR) is 125 cm³/mol. The molecule has 2 heterocycles. The van der Waals surface area contributed by atoms with Crippen LogP contribution < -0.4 is 0 Å². The molecule has 34 heavy (non-hydrogen) atoms. The highest BCUT2D eigenvalue weighted by molar-refractivity contribution is 7.89. The van der Waals surface area contributed by atoms with E-state index in [0.29, 0.717) is 38.5 Å². The fraction of sp³-hybridized carbons (Fsp3) is 0.409. The fourth-order valence-electron chi connectivity index (χ4n) is 3.91. The molecule has 0 bridgehead atoms. The van der Waals surface area contributed by atoms with E-state index < -0.39 is 14.9 Å². The quantitative estimate of drug-likeness (QED) is 0.243. The van der Waals surface area contributed by atoms with Crippen LogP contribution in [0.15, 0.2) is 59.5 Å². The standard InChI is InChI=1S/C22H27N7O4S/c30-29(31)20-10-7-11-21(18-20)34(32,33)27-16-14-26(15-17-27)12-5-2-6-13-28-24-22(23-25-28)19-8-3-1-4-9-19/h1,3-4,7-11,18H,2,5-6,12-17H2. The molecule has 2 aromatic carbocycles. The normalized spacial score (nSPS) is 15.4. The predicted octanol–water partition coefficient (Wildman–Crippen LogP) is 2.43. The molecule has 1 saturated heterocycles. The zero-order valence-electron chi connectivity index (χ0n) is 18.7. The molecule has 1 fully saturated rings. The van der Waals surface area contributed by atoms with Crippen LogP contribution in [-0.4, -0.2) is 75.5 Å². The van der Waals surface area contributed by atoms with Gasteiger partial charge in [0.05, 0.1) is 16.4 Å². The Hall–Kier alpha value is -3.22. The van der Waals surface area contributed by atoms with Gasteiger partial charge >= 0.3 is 0 Å². The van der Waals surface area contributed by atoms with Crippen molar-refractivity contribution in [3.05, 3.63) is 64.7 Å². The van der Waals surface area contributed by atoms with Crippen LogP contribution in [0.25, 0.3) is 11.4 Å². The minimum Gasteiger partial charge on any atom is -0.301 e. The third-order valence-corrected chi connectivity index (χ3v) is 7.71. The van der Waals surface area contributed by atoms with E-state index in [9.17, 15) is 18.5 Å². The van der Waals surface area contributed by atoms with E-state index in [1.807, 2.05) is 30.3 Å². The second-order valence-corrected chi connectivity index (χ2v) is 10.1. The van der Waals surface area contributed by atoms with Crippen LogP contribution in [-0.2, 0) is 16.6 Å². The van der Waals surface area contributed by atoms with E-state index in [0.717, 1.165) is 37.4 Å². The summed E-state index contributed by atoms with van der Waals surface area (Å²) in [6.45, 7) is 3.62. The zero-order valence-corrected chi connectivity index (χ0v) is 19.5. The van der Waals surface area contributed by atoms with Crippen LogP contribution in [0.4, 0.5) is 5.69 Å². The van der Waals surface area contributed by atoms with Crippen LogP contribution in [0.3, 0.4) is 0 Å². The summed E-state index contributed by atoms with van der Waals surface area (Å²) in [5.74, 6) is 0.624. The number of nitro groups is 1. The minimum atomic E-state index is -3.74. The fourth-order valence-corrected chi connectivity index (χ4v) is 5.37. The molecule has 1 aliphatic rings. The van der Waals surface area contributed by atoms with Crippen molar-refractivity contribution < 1.29 is 13.3 Å². The van der Waals surface area contributed by atoms with E-state index in [4.69, 9.17) is 0 Å². The van der Waals surface area contributed by atoms with Crippen LogP contribution in [0.2, 0.25) is 0 Å². The molecule has 11 nitrogen and oxygen atoms in total. The molecule has 0 radical (unpaired) electrons. The van der Waals surface area contributed by atoms with E-state index in [1.54, 1.807) is 4.80 Å². The number of tetrazole rings is 1. The smallest absolute Gasteiger partial charge is 0.270 e. The van der Waals surface area contributed by atoms with Crippen molar-refractivity contribution >= 4 is 15.7 Å². The molecule has 4 rings (SSSR count). The van der Waals surface area contributed by atoms with Gasteiger partial charge in [-0.25, -0.2) is 8.42 Å². The number of non-ortho nitro benzene ring substituents is 1. The topological polar surface area (TPSA) is 127 Å². The monoisotopic (exact) mass is 485 g/mol. The lowest BCUT2D eigenvalue weighted by Crippen LogP contribution is -2.48. The average Bonchev–Trinajstić information content (AvgIpc) is 3.34. The number of unbranched alkanes of at least 4 members (excludes halogenated alkanes) is 2. The van der Waals surface area contributed by atoms with Gasteiger partial charge in [0.25, 0.3) is 5.69 Å². The van der Waals surface area contributed by atoms with Crippen molar-refractivity contribution in [2.75, 3.05) is 32.7 Å². The maximum atomic E-state index is 12.9. The Morgan fingerprint density at radius 3 is 2.38 bits per heavy atom. The molecule has 12 heteroatoms. The lowest BCUT2D eigenvalue weighted by molar-refractivity contribution is -0.385. The van der Waals surface area contributed by atoms with Gasteiger partial charge in [0, 0.05) is 43.9 Å². The van der Waals surface area contributed by atoms with Crippen LogP contribution in [0.1, 0.15) is 19.3 Å². The van der Waals surface area contributed by atoms with Gasteiger partial charge < -0.3 is 4.90 Å². The number of sulfonamides is 1. The molecule has 3 aromatic rings. The summed E-state index contributed by atoms with van der Waals surface area (Å²) in [7, 11) is -3.74. The lowest BCUT2D eigenvalue weighted by Gasteiger charge is -2.33. The molecule has 1 aromatic heterocycles. The Bertz CT molecular complexity index is 1210. The first-order chi connectivity index (χ1) is 16.4. The Morgan fingerprint density at radius 1 is 0.912 bits per heavy atom. The zero-order chi connectivity index (χ0) is 24.0. The Morgan fingerprint density at radius 2 is 1.65 bits per heavy atom. The summed E-state index contributed by atoms with van der Waals surface area (Å²) < 4.78 is 27.1. The number of aromatic nitrogens is 4. The highest BCUT2D eigenvalue weighted by atomic mass is 32.2. The maximum Gasteiger partial charge on any atom is 0.270 e. The summed E-state index contributed by atoms with van der Waals surface area (Å²) in [4.78, 5) is 14.2. The second-order valence-electron chi connectivity index (χ2n) is 8.14. The van der Waals surface area contributed by atoms with Crippen LogP contribution in [0.5, 0.6) is 0 Å². The third-order valence-electron chi connectivity index (χ3n) is 5.81. The molecule has 1 aliphatic heterocycles. The van der Waals surface area contributed by atoms with Gasteiger partial charge in [-0.3, -0.25) is 10.1 Å². The van der Waals surface area contributed by atoms with Gasteiger partial charge in [-0.05, 0) is 30.7 Å². The maximum absolute atomic E-state index is 12.9. The number of benzene rings is 2. The number of piperazine rings is 1. The summed E-state index contributed by atoms with van der Waals surface area (Å²) in [5, 5.41) is 23.6. The SMILES string of the molecule is O=[N+]([O-])c1cccc(S(=O)(=O)N2CCN(CCCCCn3nnc(-c4ccccc4)n3)CC2)c1. The van der Waals surface area contributed by atoms with Crippen molar-refractivity contribution in [3.8, 4) is 11.4 Å². The van der Waals surface area contributed by atoms with Gasteiger partial charge in [0.1, 0.15) is 0 Å². The van der Waals surface area contributed by atoms with Crippen LogP contribution >= 0.6 is 0 Å². The first-order valence-corrected chi connectivity index (χ1v) is 12.7. The first kappa shape index (κ1) is 23.9. The molecular weight excluding hydrogens is 458 g/mol. The molecule has 0 saturated carbocycles. The van der Waals surface area contributed by atoms with Gasteiger partial charge in [-0.1, -0.05) is 42.8 Å². The van der Waals surface area contributed by atoms with E-state index in [-0.39, 0.29) is 10.6 Å². The average molecular weight is 486 g/mol. The Labute approximate surface area is 198 Å². The molecule has 0 atom stereocenters. The number of nitro benzene ring substituents is 1.